The maximum absolute atomic E-state index is 12.1. The van der Waals surface area contributed by atoms with E-state index in [4.69, 9.17) is 11.6 Å². The van der Waals surface area contributed by atoms with Crippen LogP contribution in [0, 0.1) is 27.7 Å². The van der Waals surface area contributed by atoms with Crippen molar-refractivity contribution < 1.29 is 9.59 Å². The molecule has 0 spiro atoms. The minimum atomic E-state index is -0.854. The van der Waals surface area contributed by atoms with Gasteiger partial charge in [-0.25, -0.2) is 5.43 Å². The number of halogens is 1. The number of hydrogen-bond acceptors (Lipinski definition) is 3. The Bertz CT molecular complexity index is 1150. The smallest absolute Gasteiger partial charge is 0.318 e. The molecule has 3 aromatic rings. The van der Waals surface area contributed by atoms with Crippen LogP contribution in [0.5, 0.6) is 0 Å². The Morgan fingerprint density at radius 3 is 2.47 bits per heavy atom. The molecule has 0 atom stereocenters. The molecule has 154 valence electrons. The van der Waals surface area contributed by atoms with Crippen molar-refractivity contribution in [3.8, 4) is 5.69 Å². The van der Waals surface area contributed by atoms with Crippen LogP contribution in [0.15, 0.2) is 53.6 Å². The first kappa shape index (κ1) is 21.3. The van der Waals surface area contributed by atoms with Gasteiger partial charge in [-0.1, -0.05) is 23.7 Å². The van der Waals surface area contributed by atoms with Crippen LogP contribution in [-0.4, -0.2) is 22.6 Å². The van der Waals surface area contributed by atoms with Crippen molar-refractivity contribution in [1.29, 1.82) is 0 Å². The Labute approximate surface area is 180 Å². The number of nitrogens with zero attached hydrogens (tertiary/aromatic N) is 2. The van der Waals surface area contributed by atoms with Gasteiger partial charge < -0.3 is 9.88 Å². The molecule has 1 aromatic heterocycles. The Morgan fingerprint density at radius 2 is 1.77 bits per heavy atom. The molecule has 2 N–H and O–H groups in total. The normalized spacial score (nSPS) is 11.0. The summed E-state index contributed by atoms with van der Waals surface area (Å²) in [6.45, 7) is 7.83. The summed E-state index contributed by atoms with van der Waals surface area (Å²) < 4.78 is 2.12. The minimum Gasteiger partial charge on any atom is -0.318 e. The monoisotopic (exact) mass is 422 g/mol. The first-order valence-corrected chi connectivity index (χ1v) is 9.80. The lowest BCUT2D eigenvalue weighted by Crippen LogP contribution is -2.32. The van der Waals surface area contributed by atoms with E-state index in [0.717, 1.165) is 28.2 Å². The molecule has 0 saturated carbocycles. The predicted octanol–water partition coefficient (Wildman–Crippen LogP) is 4.45. The SMILES string of the molecule is Cc1cccc(-n2c(C)cc(/C=N\NC(=O)C(=O)Nc3ccc(Cl)cc3C)c2C)c1. The highest BCUT2D eigenvalue weighted by Crippen LogP contribution is 2.21. The fourth-order valence-corrected chi connectivity index (χ4v) is 3.47. The van der Waals surface area contributed by atoms with Crippen molar-refractivity contribution in [1.82, 2.24) is 9.99 Å². The van der Waals surface area contributed by atoms with Crippen LogP contribution in [0.4, 0.5) is 5.69 Å². The molecule has 0 saturated heterocycles. The van der Waals surface area contributed by atoms with Gasteiger partial charge in [-0.15, -0.1) is 0 Å². The van der Waals surface area contributed by atoms with Crippen LogP contribution >= 0.6 is 11.6 Å². The van der Waals surface area contributed by atoms with E-state index in [1.165, 1.54) is 11.8 Å². The van der Waals surface area contributed by atoms with Crippen molar-refractivity contribution in [3.05, 3.63) is 81.6 Å². The molecule has 2 amide bonds. The third-order valence-corrected chi connectivity index (χ3v) is 4.98. The van der Waals surface area contributed by atoms with Crippen molar-refractivity contribution in [3.63, 3.8) is 0 Å². The molecular formula is C23H23ClN4O2. The summed E-state index contributed by atoms with van der Waals surface area (Å²) in [7, 11) is 0. The Morgan fingerprint density at radius 1 is 1.00 bits per heavy atom. The van der Waals surface area contributed by atoms with Crippen LogP contribution in [0.3, 0.4) is 0 Å². The standard InChI is InChI=1S/C23H23ClN4O2/c1-14-6-5-7-20(10-14)28-16(3)12-18(17(28)4)13-25-27-23(30)22(29)26-21-9-8-19(24)11-15(21)2/h5-13H,1-4H3,(H,26,29)(H,27,30)/b25-13-. The van der Waals surface area contributed by atoms with Crippen LogP contribution in [-0.2, 0) is 9.59 Å². The highest BCUT2D eigenvalue weighted by Gasteiger charge is 2.14. The van der Waals surface area contributed by atoms with Gasteiger partial charge >= 0.3 is 11.8 Å². The van der Waals surface area contributed by atoms with Gasteiger partial charge in [-0.2, -0.15) is 5.10 Å². The fourth-order valence-electron chi connectivity index (χ4n) is 3.24. The number of amides is 2. The number of hydrogen-bond donors (Lipinski definition) is 2. The van der Waals surface area contributed by atoms with Gasteiger partial charge in [-0.05, 0) is 75.2 Å². The largest absolute Gasteiger partial charge is 0.329 e. The van der Waals surface area contributed by atoms with E-state index >= 15 is 0 Å². The molecule has 0 aliphatic heterocycles. The maximum atomic E-state index is 12.1. The zero-order chi connectivity index (χ0) is 21.8. The second-order valence-corrected chi connectivity index (χ2v) is 7.55. The highest BCUT2D eigenvalue weighted by molar-refractivity contribution is 6.39. The van der Waals surface area contributed by atoms with Crippen LogP contribution in [0.25, 0.3) is 5.69 Å². The summed E-state index contributed by atoms with van der Waals surface area (Å²) in [5, 5.41) is 7.06. The number of hydrazone groups is 1. The number of anilines is 1. The van der Waals surface area contributed by atoms with Gasteiger partial charge in [-0.3, -0.25) is 9.59 Å². The first-order chi connectivity index (χ1) is 14.3. The van der Waals surface area contributed by atoms with Crippen LogP contribution in [0.2, 0.25) is 5.02 Å². The predicted molar refractivity (Wildman–Crippen MR) is 121 cm³/mol. The third-order valence-electron chi connectivity index (χ3n) is 4.74. The first-order valence-electron chi connectivity index (χ1n) is 9.43. The molecule has 6 nitrogen and oxygen atoms in total. The van der Waals surface area contributed by atoms with E-state index in [0.29, 0.717) is 10.7 Å². The number of benzene rings is 2. The molecule has 0 aliphatic carbocycles. The van der Waals surface area contributed by atoms with Gasteiger partial charge in [0, 0.05) is 33.3 Å². The fraction of sp³-hybridized carbons (Fsp3) is 0.174. The molecule has 0 radical (unpaired) electrons. The van der Waals surface area contributed by atoms with E-state index in [1.807, 2.05) is 45.0 Å². The van der Waals surface area contributed by atoms with E-state index in [9.17, 15) is 9.59 Å². The summed E-state index contributed by atoms with van der Waals surface area (Å²) in [4.78, 5) is 24.2. The number of carbonyl (C=O) groups is 2. The zero-order valence-corrected chi connectivity index (χ0v) is 18.0. The Balaban J connectivity index is 1.68. The summed E-state index contributed by atoms with van der Waals surface area (Å²) in [5.41, 5.74) is 8.66. The highest BCUT2D eigenvalue weighted by atomic mass is 35.5. The van der Waals surface area contributed by atoms with Gasteiger partial charge in [0.05, 0.1) is 6.21 Å². The third kappa shape index (κ3) is 4.78. The van der Waals surface area contributed by atoms with Crippen molar-refractivity contribution in [2.24, 2.45) is 5.10 Å². The molecular weight excluding hydrogens is 400 g/mol. The van der Waals surface area contributed by atoms with E-state index in [-0.39, 0.29) is 0 Å². The maximum Gasteiger partial charge on any atom is 0.329 e. The molecule has 7 heteroatoms. The molecule has 0 bridgehead atoms. The van der Waals surface area contributed by atoms with Gasteiger partial charge in [0.15, 0.2) is 0 Å². The Hall–Kier alpha value is -3.38. The quantitative estimate of drug-likeness (QED) is 0.370. The number of carbonyl (C=O) groups excluding carboxylic acids is 2. The second-order valence-electron chi connectivity index (χ2n) is 7.11. The van der Waals surface area contributed by atoms with Gasteiger partial charge in [0.2, 0.25) is 0 Å². The molecule has 30 heavy (non-hydrogen) atoms. The van der Waals surface area contributed by atoms with Gasteiger partial charge in [0.1, 0.15) is 0 Å². The molecule has 3 rings (SSSR count). The van der Waals surface area contributed by atoms with Crippen molar-refractivity contribution in [2.45, 2.75) is 27.7 Å². The average Bonchev–Trinajstić information content (AvgIpc) is 2.97. The molecule has 0 fully saturated rings. The van der Waals surface area contributed by atoms with Crippen LogP contribution < -0.4 is 10.7 Å². The van der Waals surface area contributed by atoms with E-state index in [2.05, 4.69) is 26.5 Å². The van der Waals surface area contributed by atoms with Gasteiger partial charge in [0.25, 0.3) is 0 Å². The molecule has 0 unspecified atom stereocenters. The summed E-state index contributed by atoms with van der Waals surface area (Å²) in [5.74, 6) is -1.66. The topological polar surface area (TPSA) is 75.5 Å². The second kappa shape index (κ2) is 8.97. The lowest BCUT2D eigenvalue weighted by Gasteiger charge is -2.10. The zero-order valence-electron chi connectivity index (χ0n) is 17.3. The molecule has 1 heterocycles. The minimum absolute atomic E-state index is 0.519. The summed E-state index contributed by atoms with van der Waals surface area (Å²) in [6.07, 6.45) is 1.54. The van der Waals surface area contributed by atoms with Crippen LogP contribution in [0.1, 0.15) is 28.1 Å². The number of aromatic nitrogens is 1. The number of rotatable bonds is 4. The van der Waals surface area contributed by atoms with E-state index in [1.54, 1.807) is 25.1 Å². The molecule has 0 aliphatic rings. The van der Waals surface area contributed by atoms with E-state index < -0.39 is 11.8 Å². The summed E-state index contributed by atoms with van der Waals surface area (Å²) in [6, 6.07) is 15.2. The summed E-state index contributed by atoms with van der Waals surface area (Å²) >= 11 is 5.90. The lowest BCUT2D eigenvalue weighted by atomic mass is 10.2. The molecule has 2 aromatic carbocycles. The number of nitrogens with one attached hydrogen (secondary N) is 2. The lowest BCUT2D eigenvalue weighted by molar-refractivity contribution is -0.136. The average molecular weight is 423 g/mol. The van der Waals surface area contributed by atoms with Crippen molar-refractivity contribution >= 4 is 35.3 Å². The Kier molecular flexibility index (Phi) is 6.37. The number of aryl methyl sites for hydroxylation is 3. The van der Waals surface area contributed by atoms with Crippen molar-refractivity contribution in [2.75, 3.05) is 5.32 Å².